The summed E-state index contributed by atoms with van der Waals surface area (Å²) in [5.41, 5.74) is 5.41. The number of amides is 2. The molecule has 0 aliphatic heterocycles. The highest BCUT2D eigenvalue weighted by atomic mass is 32.2. The predicted molar refractivity (Wildman–Crippen MR) is 400 cm³/mol. The Morgan fingerprint density at radius 3 is 1.40 bits per heavy atom. The quantitative estimate of drug-likeness (QED) is 0.0160. The smallest absolute Gasteiger partial charge is 0.338 e. The second-order valence-corrected chi connectivity index (χ2v) is 32.3. The van der Waals surface area contributed by atoms with Crippen LogP contribution in [-0.2, 0) is 103 Å². The summed E-state index contributed by atoms with van der Waals surface area (Å²) in [6.45, 7) is 27.6. The van der Waals surface area contributed by atoms with Crippen LogP contribution in [0.3, 0.4) is 0 Å². The van der Waals surface area contributed by atoms with E-state index >= 15 is 0 Å². The van der Waals surface area contributed by atoms with Gasteiger partial charge in [0.2, 0.25) is 61.9 Å². The number of hydrogen-bond donors (Lipinski definition) is 8. The number of esters is 1. The van der Waals surface area contributed by atoms with Gasteiger partial charge in [-0.05, 0) is 184 Å². The average Bonchev–Trinajstić information content (AvgIpc) is 0.846. The number of nitrogens with two attached hydrogens (primary N) is 4. The molecule has 1 fully saturated rings. The summed E-state index contributed by atoms with van der Waals surface area (Å²) in [4.78, 5) is 60.7. The molecular weight excluding hydrogens is 1460 g/mol. The summed E-state index contributed by atoms with van der Waals surface area (Å²) < 4.78 is 147. The Morgan fingerprint density at radius 2 is 0.962 bits per heavy atom. The molecule has 1 heterocycles. The summed E-state index contributed by atoms with van der Waals surface area (Å²) in [6.07, 6.45) is 9.61. The third kappa shape index (κ3) is 32.5. The van der Waals surface area contributed by atoms with Gasteiger partial charge in [-0.15, -0.1) is 0 Å². The van der Waals surface area contributed by atoms with Gasteiger partial charge in [0.25, 0.3) is 10.0 Å². The van der Waals surface area contributed by atoms with E-state index in [2.05, 4.69) is 64.5 Å². The van der Waals surface area contributed by atoms with Gasteiger partial charge in [0.1, 0.15) is 11.6 Å². The minimum atomic E-state index is -3.74. The molecule has 27 nitrogen and oxygen atoms in total. The van der Waals surface area contributed by atoms with Crippen molar-refractivity contribution in [2.45, 2.75) is 115 Å². The van der Waals surface area contributed by atoms with Crippen molar-refractivity contribution < 1.29 is 79.2 Å². The molecule has 0 bridgehead atoms. The first-order chi connectivity index (χ1) is 48.4. The van der Waals surface area contributed by atoms with Crippen LogP contribution in [0.2, 0.25) is 0 Å². The molecular formula is C71H83N9O18S6. The first-order valence-corrected chi connectivity index (χ1v) is 39.9. The van der Waals surface area contributed by atoms with Crippen molar-refractivity contribution in [2.75, 3.05) is 10.0 Å². The molecule has 1 saturated carbocycles. The van der Waals surface area contributed by atoms with E-state index < -0.39 is 72.0 Å². The van der Waals surface area contributed by atoms with Crippen LogP contribution in [-0.4, -0.2) is 90.9 Å². The lowest BCUT2D eigenvalue weighted by Gasteiger charge is -2.22. The fourth-order valence-corrected chi connectivity index (χ4v) is 12.7. The molecule has 0 spiro atoms. The van der Waals surface area contributed by atoms with Crippen molar-refractivity contribution in [1.82, 2.24) is 15.0 Å². The molecule has 1 aromatic heterocycles. The number of benzene rings is 6. The average molecular weight is 1540 g/mol. The van der Waals surface area contributed by atoms with E-state index in [0.29, 0.717) is 23.4 Å². The lowest BCUT2D eigenvalue weighted by atomic mass is 9.96. The van der Waals surface area contributed by atoms with E-state index in [1.807, 2.05) is 0 Å². The van der Waals surface area contributed by atoms with Crippen molar-refractivity contribution in [3.05, 3.63) is 260 Å². The molecule has 556 valence electrons. The third-order valence-corrected chi connectivity index (χ3v) is 20.4. The van der Waals surface area contributed by atoms with Crippen molar-refractivity contribution in [2.24, 2.45) is 20.6 Å². The van der Waals surface area contributed by atoms with E-state index in [4.69, 9.17) is 25.3 Å². The molecule has 0 unspecified atom stereocenters. The largest absolute Gasteiger partial charge is 0.423 e. The van der Waals surface area contributed by atoms with Crippen LogP contribution in [0.1, 0.15) is 80.8 Å². The standard InChI is InChI=1S/C17H18N2O3S.C16H21NO3S.C11H14N2O3S.C10H11NO4S.C9H10N2O3S.C8H9NO2S/c1-12(2)16(20)11-14-7-9-15(10-8-14)23(21,22)19-17-6-4-5-13(3)18-17;1-2-15(18)12-13-8-10-16(11-9-13)21(19,20)17-14-6-4-3-5-7-14;1-8(2)11(14)13-7-9-3-5-10(6-4-9)17(12,15)16;1-7(2)10(12)15-8-3-5-9(6-4-8)16(11,13)14;1-2-9(12)11-7-4-3-5-8(6-7)15(10,13)14;1-2-7-3-5-8(6-4-7)12(9,10)11/h4-10H,1,11H2,2-3H3,(H,18,19);2,8-11,14,17H,1,3-7,12H2;3-6H,1,7H2,2H3,(H,13,14)(H2,12,15,16);3-6H,1H2,2H3,(H2,11,13,14);2-6H,1H2,(H,11,12)(H2,10,13,14);2-6H,1H2,(H2,9,10,11). The van der Waals surface area contributed by atoms with Crippen LogP contribution in [0.5, 0.6) is 5.75 Å². The third-order valence-electron chi connectivity index (χ3n) is 13.8. The number of hydrogen-bond acceptors (Lipinski definition) is 19. The number of aryl methyl sites for hydroxylation is 1. The molecule has 0 radical (unpaired) electrons. The summed E-state index contributed by atoms with van der Waals surface area (Å²) >= 11 is 0. The van der Waals surface area contributed by atoms with Gasteiger partial charge < -0.3 is 15.4 Å². The molecule has 33 heteroatoms. The highest BCUT2D eigenvalue weighted by Crippen LogP contribution is 2.22. The van der Waals surface area contributed by atoms with Gasteiger partial charge in [-0.2, -0.15) is 0 Å². The van der Waals surface area contributed by atoms with Gasteiger partial charge >= 0.3 is 5.97 Å². The summed E-state index contributed by atoms with van der Waals surface area (Å²) in [5.74, 6) is -0.856. The number of carbonyl (C=O) groups is 5. The zero-order valence-corrected chi connectivity index (χ0v) is 62.3. The maximum atomic E-state index is 12.3. The Morgan fingerprint density at radius 1 is 0.510 bits per heavy atom. The fraction of sp³-hybridized carbons (Fsp3) is 0.183. The highest BCUT2D eigenvalue weighted by Gasteiger charge is 2.22. The number of aromatic nitrogens is 1. The van der Waals surface area contributed by atoms with Gasteiger partial charge in [0.15, 0.2) is 11.6 Å². The maximum absolute atomic E-state index is 12.3. The molecule has 1 aliphatic carbocycles. The van der Waals surface area contributed by atoms with Crippen LogP contribution >= 0.6 is 0 Å². The van der Waals surface area contributed by atoms with E-state index in [9.17, 15) is 74.5 Å². The van der Waals surface area contributed by atoms with Gasteiger partial charge in [-0.3, -0.25) is 23.9 Å². The number of nitrogens with one attached hydrogen (secondary N) is 4. The first-order valence-electron chi connectivity index (χ1n) is 30.8. The molecule has 104 heavy (non-hydrogen) atoms. The van der Waals surface area contributed by atoms with Crippen LogP contribution < -0.4 is 45.4 Å². The van der Waals surface area contributed by atoms with E-state index in [-0.39, 0.29) is 82.9 Å². The van der Waals surface area contributed by atoms with Gasteiger partial charge in [0, 0.05) is 48.0 Å². The number of pyridine rings is 1. The molecule has 0 atom stereocenters. The molecule has 2 amide bonds. The lowest BCUT2D eigenvalue weighted by molar-refractivity contribution is -0.130. The van der Waals surface area contributed by atoms with Crippen molar-refractivity contribution in [3.63, 3.8) is 0 Å². The molecule has 7 aromatic rings. The molecule has 0 saturated heterocycles. The summed E-state index contributed by atoms with van der Waals surface area (Å²) in [5, 5.41) is 24.8. The number of Topliss-reactive ketones (excluding diaryl/α,β-unsaturated/α-hetero) is 1. The monoisotopic (exact) mass is 1540 g/mol. The molecule has 1 aliphatic rings. The number of anilines is 2. The van der Waals surface area contributed by atoms with Gasteiger partial charge in [-0.1, -0.05) is 125 Å². The van der Waals surface area contributed by atoms with Crippen LogP contribution in [0.25, 0.3) is 6.08 Å². The Hall–Kier alpha value is -10.0. The Balaban J connectivity index is 0.000000328. The second kappa shape index (κ2) is 40.7. The summed E-state index contributed by atoms with van der Waals surface area (Å²) in [6, 6.07) is 40.9. The Kier molecular flexibility index (Phi) is 34.5. The van der Waals surface area contributed by atoms with Crippen molar-refractivity contribution >= 4 is 107 Å². The van der Waals surface area contributed by atoms with Gasteiger partial charge in [-0.25, -0.2) is 85.6 Å². The number of nitrogens with zero attached hydrogens (tertiary/aromatic N) is 1. The minimum absolute atomic E-state index is 0.0392. The second-order valence-electron chi connectivity index (χ2n) is 22.7. The molecule has 12 N–H and O–H groups in total. The lowest BCUT2D eigenvalue weighted by Crippen LogP contribution is -2.36. The normalized spacial score (nSPS) is 12.1. The number of ether oxygens (including phenoxy) is 1. The van der Waals surface area contributed by atoms with E-state index in [0.717, 1.165) is 59.7 Å². The number of allylic oxidation sites excluding steroid dienone is 2. The van der Waals surface area contributed by atoms with E-state index in [1.54, 1.807) is 112 Å². The maximum Gasteiger partial charge on any atom is 0.338 e. The summed E-state index contributed by atoms with van der Waals surface area (Å²) in [7, 11) is -21.9. The van der Waals surface area contributed by atoms with Crippen LogP contribution in [0, 0.1) is 6.92 Å². The fourth-order valence-electron chi connectivity index (χ4n) is 8.25. The number of ketones is 2. The zero-order chi connectivity index (χ0) is 78.4. The number of rotatable bonds is 24. The number of sulfonamides is 6. The molecule has 8 rings (SSSR count). The van der Waals surface area contributed by atoms with Gasteiger partial charge in [0.05, 0.1) is 29.4 Å². The highest BCUT2D eigenvalue weighted by molar-refractivity contribution is 7.92. The van der Waals surface area contributed by atoms with Crippen LogP contribution in [0.4, 0.5) is 11.5 Å². The number of carbonyl (C=O) groups excluding carboxylic acids is 5. The first kappa shape index (κ1) is 88.2. The van der Waals surface area contributed by atoms with E-state index in [1.165, 1.54) is 98.3 Å². The number of primary sulfonamides is 4. The van der Waals surface area contributed by atoms with Crippen molar-refractivity contribution in [3.8, 4) is 5.75 Å². The topological polar surface area (TPSA) is 465 Å². The predicted octanol–water partition coefficient (Wildman–Crippen LogP) is 8.25. The SMILES string of the molecule is C=C(C)C(=O)Cc1ccc(S(=O)(=O)Nc2cccc(C)n2)cc1.C=C(C)C(=O)NCc1ccc(S(N)(=O)=O)cc1.C=C(C)C(=O)Oc1ccc(S(N)(=O)=O)cc1.C=CC(=O)Cc1ccc(S(=O)(=O)NC2CCCCC2)cc1.C=CC(=O)Nc1cccc(S(N)(=O)=O)c1.C=Cc1ccc(S(N)(=O)=O)cc1. The minimum Gasteiger partial charge on any atom is -0.423 e. The Labute approximate surface area is 608 Å². The van der Waals surface area contributed by atoms with Crippen LogP contribution in [0.15, 0.2) is 262 Å². The molecule has 6 aromatic carbocycles. The Bertz CT molecular complexity index is 4980. The zero-order valence-electron chi connectivity index (χ0n) is 57.4. The van der Waals surface area contributed by atoms with Crippen molar-refractivity contribution in [1.29, 1.82) is 0 Å².